The molecule has 1 rings (SSSR count). The Morgan fingerprint density at radius 1 is 1.35 bits per heavy atom. The van der Waals surface area contributed by atoms with Gasteiger partial charge in [0.05, 0.1) is 13.7 Å². The van der Waals surface area contributed by atoms with Crippen LogP contribution in [0.3, 0.4) is 0 Å². The molecule has 0 spiro atoms. The van der Waals surface area contributed by atoms with E-state index in [-0.39, 0.29) is 12.0 Å². The van der Waals surface area contributed by atoms with Gasteiger partial charge in [-0.3, -0.25) is 4.79 Å². The number of hydrogen-bond acceptors (Lipinski definition) is 4. The number of aryl methyl sites for hydroxylation is 2. The summed E-state index contributed by atoms with van der Waals surface area (Å²) in [4.78, 5) is 11.3. The molecule has 1 unspecified atom stereocenters. The quantitative estimate of drug-likeness (QED) is 0.779. The maximum absolute atomic E-state index is 11.3. The van der Waals surface area contributed by atoms with E-state index < -0.39 is 0 Å². The van der Waals surface area contributed by atoms with E-state index in [0.717, 1.165) is 29.7 Å². The number of benzene rings is 1. The van der Waals surface area contributed by atoms with Gasteiger partial charge in [0.1, 0.15) is 5.75 Å². The number of nitrogens with two attached hydrogens (primary N) is 1. The van der Waals surface area contributed by atoms with E-state index in [1.54, 1.807) is 7.11 Å². The summed E-state index contributed by atoms with van der Waals surface area (Å²) in [5.74, 6) is 0.686. The Kier molecular flexibility index (Phi) is 6.52. The summed E-state index contributed by atoms with van der Waals surface area (Å²) in [6.07, 6.45) is 1.86. The van der Waals surface area contributed by atoms with Gasteiger partial charge < -0.3 is 15.2 Å². The third kappa shape index (κ3) is 4.53. The summed E-state index contributed by atoms with van der Waals surface area (Å²) in [5.41, 5.74) is 9.50. The highest BCUT2D eigenvalue weighted by Crippen LogP contribution is 2.31. The summed E-state index contributed by atoms with van der Waals surface area (Å²) >= 11 is 0. The summed E-state index contributed by atoms with van der Waals surface area (Å²) in [7, 11) is 1.66. The van der Waals surface area contributed by atoms with E-state index in [9.17, 15) is 4.79 Å². The van der Waals surface area contributed by atoms with E-state index in [1.165, 1.54) is 5.56 Å². The zero-order chi connectivity index (χ0) is 15.1. The van der Waals surface area contributed by atoms with E-state index in [0.29, 0.717) is 13.0 Å². The predicted octanol–water partition coefficient (Wildman–Crippen LogP) is 3.05. The Balaban J connectivity index is 2.67. The highest BCUT2D eigenvalue weighted by atomic mass is 16.5. The lowest BCUT2D eigenvalue weighted by atomic mass is 9.96. The molecule has 0 saturated heterocycles. The van der Waals surface area contributed by atoms with Crippen molar-refractivity contribution in [3.8, 4) is 5.75 Å². The predicted molar refractivity (Wildman–Crippen MR) is 79.9 cm³/mol. The zero-order valence-electron chi connectivity index (χ0n) is 12.9. The molecule has 1 aromatic carbocycles. The molecule has 0 bridgehead atoms. The zero-order valence-corrected chi connectivity index (χ0v) is 12.9. The van der Waals surface area contributed by atoms with Crippen LogP contribution in [0, 0.1) is 13.8 Å². The lowest BCUT2D eigenvalue weighted by Crippen LogP contribution is -2.13. The van der Waals surface area contributed by atoms with Gasteiger partial charge in [0.2, 0.25) is 0 Å². The average Bonchev–Trinajstić information content (AvgIpc) is 2.38. The van der Waals surface area contributed by atoms with Crippen LogP contribution in [0.2, 0.25) is 0 Å². The van der Waals surface area contributed by atoms with Crippen molar-refractivity contribution in [3.63, 3.8) is 0 Å². The minimum atomic E-state index is -0.160. The molecule has 2 N–H and O–H groups in total. The van der Waals surface area contributed by atoms with E-state index in [4.69, 9.17) is 15.2 Å². The fraction of sp³-hybridized carbons (Fsp3) is 0.562. The summed E-state index contributed by atoms with van der Waals surface area (Å²) < 4.78 is 10.4. The first-order chi connectivity index (χ1) is 9.49. The first kappa shape index (κ1) is 16.5. The van der Waals surface area contributed by atoms with Crippen molar-refractivity contribution in [1.29, 1.82) is 0 Å². The van der Waals surface area contributed by atoms with E-state index >= 15 is 0 Å². The van der Waals surface area contributed by atoms with Crippen LogP contribution < -0.4 is 10.5 Å². The highest BCUT2D eigenvalue weighted by Gasteiger charge is 2.15. The second-order valence-corrected chi connectivity index (χ2v) is 5.01. The molecule has 0 aliphatic heterocycles. The minimum absolute atomic E-state index is 0.127. The molecule has 0 aliphatic rings. The molecule has 4 nitrogen and oxygen atoms in total. The van der Waals surface area contributed by atoms with Crippen LogP contribution in [0.15, 0.2) is 12.1 Å². The van der Waals surface area contributed by atoms with Crippen molar-refractivity contribution in [3.05, 3.63) is 28.8 Å². The topological polar surface area (TPSA) is 61.5 Å². The fourth-order valence-corrected chi connectivity index (χ4v) is 2.40. The highest BCUT2D eigenvalue weighted by molar-refractivity contribution is 5.69. The third-order valence-electron chi connectivity index (χ3n) is 3.25. The molecule has 0 aliphatic carbocycles. The Morgan fingerprint density at radius 2 is 2.05 bits per heavy atom. The van der Waals surface area contributed by atoms with Crippen LogP contribution >= 0.6 is 0 Å². The van der Waals surface area contributed by atoms with Crippen molar-refractivity contribution in [2.75, 3.05) is 13.7 Å². The summed E-state index contributed by atoms with van der Waals surface area (Å²) in [6, 6.07) is 4.01. The SMILES string of the molecule is CCOC(=O)CCCC(N)c1cc(C)cc(C)c1OC. The maximum Gasteiger partial charge on any atom is 0.305 e. The largest absolute Gasteiger partial charge is 0.496 e. The van der Waals surface area contributed by atoms with Crippen molar-refractivity contribution < 1.29 is 14.3 Å². The van der Waals surface area contributed by atoms with Gasteiger partial charge >= 0.3 is 5.97 Å². The number of hydrogen-bond donors (Lipinski definition) is 1. The second-order valence-electron chi connectivity index (χ2n) is 5.01. The van der Waals surface area contributed by atoms with Crippen LogP contribution in [-0.2, 0) is 9.53 Å². The lowest BCUT2D eigenvalue weighted by molar-refractivity contribution is -0.143. The Labute approximate surface area is 121 Å². The first-order valence-electron chi connectivity index (χ1n) is 7.05. The van der Waals surface area contributed by atoms with E-state index in [2.05, 4.69) is 12.1 Å². The van der Waals surface area contributed by atoms with Gasteiger partial charge in [0.25, 0.3) is 0 Å². The fourth-order valence-electron chi connectivity index (χ4n) is 2.40. The van der Waals surface area contributed by atoms with Crippen LogP contribution in [0.1, 0.15) is 48.9 Å². The molecule has 1 atom stereocenters. The van der Waals surface area contributed by atoms with Gasteiger partial charge in [-0.25, -0.2) is 0 Å². The smallest absolute Gasteiger partial charge is 0.305 e. The van der Waals surface area contributed by atoms with Gasteiger partial charge in [0, 0.05) is 18.0 Å². The molecular formula is C16H25NO3. The number of methoxy groups -OCH3 is 1. The second kappa shape index (κ2) is 7.90. The number of rotatable bonds is 7. The van der Waals surface area contributed by atoms with Crippen molar-refractivity contribution in [2.24, 2.45) is 5.73 Å². The third-order valence-corrected chi connectivity index (χ3v) is 3.25. The van der Waals surface area contributed by atoms with Crippen LogP contribution in [0.25, 0.3) is 0 Å². The molecule has 0 saturated carbocycles. The van der Waals surface area contributed by atoms with Crippen LogP contribution in [0.4, 0.5) is 0 Å². The molecule has 4 heteroatoms. The normalized spacial score (nSPS) is 12.1. The van der Waals surface area contributed by atoms with Crippen LogP contribution in [0.5, 0.6) is 5.75 Å². The number of carbonyl (C=O) groups excluding carboxylic acids is 1. The van der Waals surface area contributed by atoms with Crippen molar-refractivity contribution in [1.82, 2.24) is 0 Å². The van der Waals surface area contributed by atoms with Gasteiger partial charge in [-0.15, -0.1) is 0 Å². The Hall–Kier alpha value is -1.55. The molecular weight excluding hydrogens is 254 g/mol. The molecule has 1 aromatic rings. The van der Waals surface area contributed by atoms with Gasteiger partial charge in [-0.05, 0) is 39.2 Å². The molecule has 0 amide bonds. The first-order valence-corrected chi connectivity index (χ1v) is 7.05. The molecule has 0 aromatic heterocycles. The molecule has 20 heavy (non-hydrogen) atoms. The number of carbonyl (C=O) groups is 1. The van der Waals surface area contributed by atoms with Crippen molar-refractivity contribution in [2.45, 2.75) is 46.1 Å². The van der Waals surface area contributed by atoms with Gasteiger partial charge in [0.15, 0.2) is 0 Å². The molecule has 0 radical (unpaired) electrons. The van der Waals surface area contributed by atoms with Crippen LogP contribution in [-0.4, -0.2) is 19.7 Å². The maximum atomic E-state index is 11.3. The van der Waals surface area contributed by atoms with Crippen molar-refractivity contribution >= 4 is 5.97 Å². The molecule has 0 fully saturated rings. The summed E-state index contributed by atoms with van der Waals surface area (Å²) in [5, 5.41) is 0. The monoisotopic (exact) mass is 279 g/mol. The standard InChI is InChI=1S/C16H25NO3/c1-5-20-15(18)8-6-7-14(17)13-10-11(2)9-12(3)16(13)19-4/h9-10,14H,5-8,17H2,1-4H3. The van der Waals surface area contributed by atoms with E-state index in [1.807, 2.05) is 20.8 Å². The average molecular weight is 279 g/mol. The Bertz CT molecular complexity index is 457. The minimum Gasteiger partial charge on any atom is -0.496 e. The van der Waals surface area contributed by atoms with Gasteiger partial charge in [-0.1, -0.05) is 17.7 Å². The molecule has 0 heterocycles. The molecule has 112 valence electrons. The lowest BCUT2D eigenvalue weighted by Gasteiger charge is -2.18. The summed E-state index contributed by atoms with van der Waals surface area (Å²) in [6.45, 7) is 6.29. The number of esters is 1. The van der Waals surface area contributed by atoms with Gasteiger partial charge in [-0.2, -0.15) is 0 Å². The Morgan fingerprint density at radius 3 is 2.65 bits per heavy atom. The number of ether oxygens (including phenoxy) is 2.